The summed E-state index contributed by atoms with van der Waals surface area (Å²) in [7, 11) is 0. The Morgan fingerprint density at radius 3 is 2.50 bits per heavy atom. The van der Waals surface area contributed by atoms with Gasteiger partial charge in [-0.15, -0.1) is 11.8 Å². The van der Waals surface area contributed by atoms with Crippen LogP contribution in [0, 0.1) is 5.41 Å². The Kier molecular flexibility index (Phi) is 5.35. The van der Waals surface area contributed by atoms with Crippen LogP contribution in [0.25, 0.3) is 0 Å². The molecule has 114 valence electrons. The maximum atomic E-state index is 12.1. The lowest BCUT2D eigenvalue weighted by molar-refractivity contribution is -0.138. The molecule has 2 aliphatic carbocycles. The highest BCUT2D eigenvalue weighted by Crippen LogP contribution is 2.51. The Hall–Kier alpha value is -0.710. The fourth-order valence-corrected chi connectivity index (χ4v) is 4.03. The molecule has 2 aliphatic rings. The molecule has 5 heteroatoms. The van der Waals surface area contributed by atoms with Crippen LogP contribution in [0.3, 0.4) is 0 Å². The summed E-state index contributed by atoms with van der Waals surface area (Å²) in [6, 6.07) is 0.355. The molecule has 1 amide bonds. The number of hydrogen-bond donors (Lipinski definition) is 2. The van der Waals surface area contributed by atoms with Crippen molar-refractivity contribution in [2.45, 2.75) is 69.6 Å². The summed E-state index contributed by atoms with van der Waals surface area (Å²) in [4.78, 5) is 22.9. The normalized spacial score (nSPS) is 23.1. The van der Waals surface area contributed by atoms with Crippen molar-refractivity contribution in [2.75, 3.05) is 5.75 Å². The van der Waals surface area contributed by atoms with Gasteiger partial charge >= 0.3 is 5.97 Å². The maximum Gasteiger partial charge on any atom is 0.303 e. The number of carbonyl (C=O) groups is 2. The van der Waals surface area contributed by atoms with Gasteiger partial charge in [-0.2, -0.15) is 0 Å². The number of aliphatic carboxylic acids is 1. The van der Waals surface area contributed by atoms with Gasteiger partial charge in [0.25, 0.3) is 0 Å². The van der Waals surface area contributed by atoms with Crippen LogP contribution in [0.1, 0.15) is 58.3 Å². The molecule has 0 aliphatic heterocycles. The maximum absolute atomic E-state index is 12.1. The molecule has 0 radical (unpaired) electrons. The van der Waals surface area contributed by atoms with Gasteiger partial charge in [-0.05, 0) is 38.0 Å². The second-order valence-corrected chi connectivity index (χ2v) is 7.70. The topological polar surface area (TPSA) is 66.4 Å². The molecule has 1 atom stereocenters. The Bertz CT molecular complexity index is 362. The second-order valence-electron chi connectivity index (χ2n) is 6.37. The van der Waals surface area contributed by atoms with Gasteiger partial charge in [0.05, 0.1) is 11.7 Å². The monoisotopic (exact) mass is 299 g/mol. The first kappa shape index (κ1) is 15.7. The van der Waals surface area contributed by atoms with Gasteiger partial charge in [-0.3, -0.25) is 9.59 Å². The third-order valence-corrected chi connectivity index (χ3v) is 5.94. The van der Waals surface area contributed by atoms with Crippen molar-refractivity contribution in [3.8, 4) is 0 Å². The van der Waals surface area contributed by atoms with Crippen LogP contribution in [0.2, 0.25) is 0 Å². The van der Waals surface area contributed by atoms with E-state index in [-0.39, 0.29) is 23.0 Å². The summed E-state index contributed by atoms with van der Waals surface area (Å²) in [6.45, 7) is 1.93. The van der Waals surface area contributed by atoms with Gasteiger partial charge in [0.2, 0.25) is 5.91 Å². The second kappa shape index (κ2) is 6.83. The van der Waals surface area contributed by atoms with E-state index in [2.05, 4.69) is 5.32 Å². The van der Waals surface area contributed by atoms with E-state index in [1.807, 2.05) is 6.92 Å². The number of carboxylic acid groups (broad SMARTS) is 1. The highest BCUT2D eigenvalue weighted by Gasteiger charge is 2.44. The highest BCUT2D eigenvalue weighted by atomic mass is 32.2. The minimum Gasteiger partial charge on any atom is -0.481 e. The molecule has 2 saturated carbocycles. The first-order chi connectivity index (χ1) is 9.51. The van der Waals surface area contributed by atoms with Crippen molar-refractivity contribution in [1.29, 1.82) is 0 Å². The van der Waals surface area contributed by atoms with Crippen molar-refractivity contribution in [3.05, 3.63) is 0 Å². The van der Waals surface area contributed by atoms with Gasteiger partial charge in [0.15, 0.2) is 0 Å². The molecule has 4 nitrogen and oxygen atoms in total. The van der Waals surface area contributed by atoms with Crippen molar-refractivity contribution >= 4 is 23.6 Å². The quantitative estimate of drug-likeness (QED) is 0.758. The van der Waals surface area contributed by atoms with Crippen LogP contribution < -0.4 is 5.32 Å². The zero-order valence-electron chi connectivity index (χ0n) is 12.2. The summed E-state index contributed by atoms with van der Waals surface area (Å²) < 4.78 is 0. The van der Waals surface area contributed by atoms with Crippen LogP contribution in [0.4, 0.5) is 0 Å². The van der Waals surface area contributed by atoms with E-state index in [0.29, 0.717) is 6.04 Å². The largest absolute Gasteiger partial charge is 0.481 e. The predicted molar refractivity (Wildman–Crippen MR) is 80.9 cm³/mol. The molecule has 2 fully saturated rings. The van der Waals surface area contributed by atoms with E-state index < -0.39 is 5.97 Å². The lowest BCUT2D eigenvalue weighted by Gasteiger charge is -2.24. The van der Waals surface area contributed by atoms with Crippen LogP contribution >= 0.6 is 11.8 Å². The lowest BCUT2D eigenvalue weighted by atomic mass is 9.95. The van der Waals surface area contributed by atoms with Crippen molar-refractivity contribution in [3.63, 3.8) is 0 Å². The number of amides is 1. The SMILES string of the molecule is CC(SCC1(CC(=O)O)CC1)C(=O)NC1CCCCC1. The van der Waals surface area contributed by atoms with E-state index in [4.69, 9.17) is 5.11 Å². The molecule has 0 saturated heterocycles. The smallest absolute Gasteiger partial charge is 0.303 e. The molecule has 0 aromatic rings. The average Bonchev–Trinajstić information content (AvgIpc) is 3.16. The fourth-order valence-electron chi connectivity index (χ4n) is 2.81. The van der Waals surface area contributed by atoms with Gasteiger partial charge in [0, 0.05) is 11.8 Å². The molecule has 20 heavy (non-hydrogen) atoms. The molecule has 2 N–H and O–H groups in total. The summed E-state index contributed by atoms with van der Waals surface area (Å²) in [5.41, 5.74) is -0.0319. The first-order valence-electron chi connectivity index (χ1n) is 7.65. The Morgan fingerprint density at radius 1 is 1.30 bits per heavy atom. The molecular formula is C15H25NO3S. The van der Waals surface area contributed by atoms with E-state index >= 15 is 0 Å². The van der Waals surface area contributed by atoms with E-state index in [1.165, 1.54) is 19.3 Å². The Morgan fingerprint density at radius 2 is 1.95 bits per heavy atom. The average molecular weight is 299 g/mol. The lowest BCUT2D eigenvalue weighted by Crippen LogP contribution is -2.40. The highest BCUT2D eigenvalue weighted by molar-refractivity contribution is 8.00. The standard InChI is InChI=1S/C15H25NO3S/c1-11(14(19)16-12-5-3-2-4-6-12)20-10-15(7-8-15)9-13(17)18/h11-12H,2-10H2,1H3,(H,16,19)(H,17,18). The van der Waals surface area contributed by atoms with Gasteiger partial charge < -0.3 is 10.4 Å². The molecule has 0 aromatic heterocycles. The zero-order valence-corrected chi connectivity index (χ0v) is 13.0. The van der Waals surface area contributed by atoms with Crippen LogP contribution in [0.15, 0.2) is 0 Å². The summed E-state index contributed by atoms with van der Waals surface area (Å²) >= 11 is 1.61. The Labute approximate surface area is 125 Å². The molecular weight excluding hydrogens is 274 g/mol. The van der Waals surface area contributed by atoms with Crippen LogP contribution in [-0.2, 0) is 9.59 Å². The summed E-state index contributed by atoms with van der Waals surface area (Å²) in [6.07, 6.45) is 8.15. The number of carbonyl (C=O) groups excluding carboxylic acids is 1. The summed E-state index contributed by atoms with van der Waals surface area (Å²) in [5.74, 6) is 0.189. The van der Waals surface area contributed by atoms with E-state index in [9.17, 15) is 9.59 Å². The van der Waals surface area contributed by atoms with Crippen molar-refractivity contribution in [2.24, 2.45) is 5.41 Å². The van der Waals surface area contributed by atoms with Crippen molar-refractivity contribution in [1.82, 2.24) is 5.32 Å². The minimum atomic E-state index is -0.720. The molecule has 0 spiro atoms. The van der Waals surface area contributed by atoms with E-state index in [0.717, 1.165) is 31.4 Å². The van der Waals surface area contributed by atoms with Crippen LogP contribution in [-0.4, -0.2) is 34.0 Å². The van der Waals surface area contributed by atoms with Gasteiger partial charge in [-0.25, -0.2) is 0 Å². The number of carboxylic acids is 1. The molecule has 2 rings (SSSR count). The first-order valence-corrected chi connectivity index (χ1v) is 8.69. The molecule has 0 aromatic carbocycles. The number of hydrogen-bond acceptors (Lipinski definition) is 3. The molecule has 1 unspecified atom stereocenters. The third kappa shape index (κ3) is 4.69. The van der Waals surface area contributed by atoms with Crippen molar-refractivity contribution < 1.29 is 14.7 Å². The molecule has 0 bridgehead atoms. The predicted octanol–water partition coefficient (Wildman–Crippen LogP) is 2.81. The summed E-state index contributed by atoms with van der Waals surface area (Å²) in [5, 5.41) is 12.0. The number of thioether (sulfide) groups is 1. The van der Waals surface area contributed by atoms with Gasteiger partial charge in [0.1, 0.15) is 0 Å². The van der Waals surface area contributed by atoms with E-state index in [1.54, 1.807) is 11.8 Å². The fraction of sp³-hybridized carbons (Fsp3) is 0.867. The van der Waals surface area contributed by atoms with Crippen LogP contribution in [0.5, 0.6) is 0 Å². The Balaban J connectivity index is 1.69. The van der Waals surface area contributed by atoms with Gasteiger partial charge in [-0.1, -0.05) is 19.3 Å². The third-order valence-electron chi connectivity index (χ3n) is 4.44. The zero-order chi connectivity index (χ0) is 14.6. The molecule has 0 heterocycles. The number of nitrogens with one attached hydrogen (secondary N) is 1. The number of rotatable bonds is 7. The minimum absolute atomic E-state index is 0.0319.